The van der Waals surface area contributed by atoms with Crippen molar-refractivity contribution in [2.75, 3.05) is 0 Å². The average molecular weight is 495 g/mol. The molecule has 0 fully saturated rings. The van der Waals surface area contributed by atoms with Gasteiger partial charge in [0.1, 0.15) is 11.9 Å². The van der Waals surface area contributed by atoms with Gasteiger partial charge in [-0.3, -0.25) is 9.59 Å². The molecule has 4 nitrogen and oxygen atoms in total. The number of hydrogen-bond donors (Lipinski definition) is 1. The fraction of sp³-hybridized carbons (Fsp3) is 0.310. The van der Waals surface area contributed by atoms with Gasteiger partial charge in [0.15, 0.2) is 0 Å². The highest BCUT2D eigenvalue weighted by Gasteiger charge is 2.32. The van der Waals surface area contributed by atoms with Gasteiger partial charge in [-0.05, 0) is 49.1 Å². The van der Waals surface area contributed by atoms with E-state index < -0.39 is 11.9 Å². The van der Waals surface area contributed by atoms with Crippen LogP contribution in [0, 0.1) is 12.7 Å². The standard InChI is InChI=1S/C29H32ClFN2O2/c1-4-21(3)32-29(35)27(17-22-12-6-5-7-13-22)33(19-23-14-9-8-11-20(23)2)28(34)18-24-25(30)15-10-16-26(24)31/h5-16,21,27H,4,17-19H2,1-3H3,(H,32,35)/t21-,27+/m0/s1. The van der Waals surface area contributed by atoms with Crippen molar-refractivity contribution in [3.8, 4) is 0 Å². The number of nitrogens with one attached hydrogen (secondary N) is 1. The van der Waals surface area contributed by atoms with Gasteiger partial charge in [0.25, 0.3) is 0 Å². The van der Waals surface area contributed by atoms with E-state index in [9.17, 15) is 14.0 Å². The van der Waals surface area contributed by atoms with Gasteiger partial charge in [-0.2, -0.15) is 0 Å². The number of amides is 2. The van der Waals surface area contributed by atoms with Gasteiger partial charge in [-0.15, -0.1) is 0 Å². The van der Waals surface area contributed by atoms with Gasteiger partial charge in [-0.1, -0.05) is 79.2 Å². The maximum Gasteiger partial charge on any atom is 0.243 e. The number of benzene rings is 3. The van der Waals surface area contributed by atoms with Gasteiger partial charge >= 0.3 is 0 Å². The lowest BCUT2D eigenvalue weighted by atomic mass is 10.00. The molecular weight excluding hydrogens is 463 g/mol. The summed E-state index contributed by atoms with van der Waals surface area (Å²) in [5.74, 6) is -1.13. The molecule has 0 aliphatic heterocycles. The largest absolute Gasteiger partial charge is 0.352 e. The minimum Gasteiger partial charge on any atom is -0.352 e. The van der Waals surface area contributed by atoms with Crippen molar-refractivity contribution in [3.05, 3.63) is 106 Å². The first-order chi connectivity index (χ1) is 16.8. The maximum atomic E-state index is 14.6. The summed E-state index contributed by atoms with van der Waals surface area (Å²) in [5, 5.41) is 3.23. The Morgan fingerprint density at radius 3 is 2.34 bits per heavy atom. The number of rotatable bonds is 10. The topological polar surface area (TPSA) is 49.4 Å². The molecule has 0 saturated heterocycles. The predicted octanol–water partition coefficient (Wildman–Crippen LogP) is 5.88. The third kappa shape index (κ3) is 7.15. The first kappa shape index (κ1) is 26.4. The molecule has 0 radical (unpaired) electrons. The van der Waals surface area contributed by atoms with E-state index in [-0.39, 0.29) is 41.4 Å². The molecule has 3 rings (SSSR count). The van der Waals surface area contributed by atoms with E-state index in [2.05, 4.69) is 5.32 Å². The van der Waals surface area contributed by atoms with E-state index in [1.54, 1.807) is 11.0 Å². The molecule has 0 saturated carbocycles. The molecule has 3 aromatic rings. The monoisotopic (exact) mass is 494 g/mol. The van der Waals surface area contributed by atoms with Gasteiger partial charge in [0.2, 0.25) is 11.8 Å². The fourth-order valence-electron chi connectivity index (χ4n) is 3.92. The second-order valence-corrected chi connectivity index (χ2v) is 9.26. The fourth-order valence-corrected chi connectivity index (χ4v) is 4.15. The Labute approximate surface area is 212 Å². The van der Waals surface area contributed by atoms with Gasteiger partial charge in [0.05, 0.1) is 6.42 Å². The van der Waals surface area contributed by atoms with Crippen molar-refractivity contribution in [2.24, 2.45) is 0 Å². The molecule has 0 aromatic heterocycles. The van der Waals surface area contributed by atoms with Crippen LogP contribution >= 0.6 is 11.6 Å². The second kappa shape index (κ2) is 12.5. The molecule has 1 N–H and O–H groups in total. The lowest BCUT2D eigenvalue weighted by molar-refractivity contribution is -0.141. The summed E-state index contributed by atoms with van der Waals surface area (Å²) >= 11 is 6.23. The summed E-state index contributed by atoms with van der Waals surface area (Å²) in [6.45, 7) is 6.12. The van der Waals surface area contributed by atoms with E-state index >= 15 is 0 Å². The van der Waals surface area contributed by atoms with Crippen LogP contribution in [0.15, 0.2) is 72.8 Å². The summed E-state index contributed by atoms with van der Waals surface area (Å²) in [7, 11) is 0. The first-order valence-corrected chi connectivity index (χ1v) is 12.3. The van der Waals surface area contributed by atoms with Crippen LogP contribution < -0.4 is 5.32 Å². The van der Waals surface area contributed by atoms with Crippen LogP contribution in [0.1, 0.15) is 42.5 Å². The number of halogens is 2. The van der Waals surface area contributed by atoms with Crippen molar-refractivity contribution in [3.63, 3.8) is 0 Å². The van der Waals surface area contributed by atoms with E-state index in [4.69, 9.17) is 11.6 Å². The number of carbonyl (C=O) groups excluding carboxylic acids is 2. The smallest absolute Gasteiger partial charge is 0.243 e. The average Bonchev–Trinajstić information content (AvgIpc) is 2.85. The van der Waals surface area contributed by atoms with Crippen molar-refractivity contribution in [2.45, 2.75) is 58.7 Å². The summed E-state index contributed by atoms with van der Waals surface area (Å²) < 4.78 is 14.6. The van der Waals surface area contributed by atoms with Crippen molar-refractivity contribution >= 4 is 23.4 Å². The summed E-state index contributed by atoms with van der Waals surface area (Å²) in [6.07, 6.45) is 0.866. The Balaban J connectivity index is 2.02. The van der Waals surface area contributed by atoms with Gasteiger partial charge in [0, 0.05) is 29.6 Å². The summed E-state index contributed by atoms with van der Waals surface area (Å²) in [5.41, 5.74) is 3.00. The quantitative estimate of drug-likeness (QED) is 0.382. The molecule has 35 heavy (non-hydrogen) atoms. The first-order valence-electron chi connectivity index (χ1n) is 11.9. The van der Waals surface area contributed by atoms with Crippen LogP contribution in [0.5, 0.6) is 0 Å². The van der Waals surface area contributed by atoms with Crippen molar-refractivity contribution < 1.29 is 14.0 Å². The minimum atomic E-state index is -0.774. The van der Waals surface area contributed by atoms with E-state index in [1.807, 2.05) is 75.4 Å². The van der Waals surface area contributed by atoms with Crippen molar-refractivity contribution in [1.29, 1.82) is 0 Å². The highest BCUT2D eigenvalue weighted by molar-refractivity contribution is 6.31. The molecule has 2 atom stereocenters. The third-order valence-corrected chi connectivity index (χ3v) is 6.62. The number of aryl methyl sites for hydroxylation is 1. The molecular formula is C29H32ClFN2O2. The Morgan fingerprint density at radius 1 is 1.00 bits per heavy atom. The summed E-state index contributed by atoms with van der Waals surface area (Å²) in [6, 6.07) is 20.9. The van der Waals surface area contributed by atoms with Crippen LogP contribution in [0.3, 0.4) is 0 Å². The van der Waals surface area contributed by atoms with Crippen molar-refractivity contribution in [1.82, 2.24) is 10.2 Å². The Kier molecular flexibility index (Phi) is 9.44. The molecule has 0 bridgehead atoms. The van der Waals surface area contributed by atoms with E-state index in [1.165, 1.54) is 12.1 Å². The molecule has 0 heterocycles. The zero-order valence-corrected chi connectivity index (χ0v) is 21.2. The molecule has 184 valence electrons. The second-order valence-electron chi connectivity index (χ2n) is 8.85. The Morgan fingerprint density at radius 2 is 1.69 bits per heavy atom. The lowest BCUT2D eigenvalue weighted by Crippen LogP contribution is -2.52. The zero-order valence-electron chi connectivity index (χ0n) is 20.4. The van der Waals surface area contributed by atoms with Crippen LogP contribution in [0.25, 0.3) is 0 Å². The lowest BCUT2D eigenvalue weighted by Gasteiger charge is -2.33. The number of carbonyl (C=O) groups is 2. The van der Waals surface area contributed by atoms with E-state index in [0.717, 1.165) is 23.1 Å². The van der Waals surface area contributed by atoms with Crippen LogP contribution in [0.2, 0.25) is 5.02 Å². The van der Waals surface area contributed by atoms with Crippen LogP contribution in [0.4, 0.5) is 4.39 Å². The highest BCUT2D eigenvalue weighted by atomic mass is 35.5. The summed E-state index contributed by atoms with van der Waals surface area (Å²) in [4.78, 5) is 28.8. The minimum absolute atomic E-state index is 0.0443. The molecule has 0 aliphatic carbocycles. The van der Waals surface area contributed by atoms with E-state index in [0.29, 0.717) is 6.42 Å². The molecule has 6 heteroatoms. The molecule has 3 aromatic carbocycles. The Hall–Kier alpha value is -3.18. The van der Waals surface area contributed by atoms with Crippen LogP contribution in [-0.4, -0.2) is 28.8 Å². The van der Waals surface area contributed by atoms with Gasteiger partial charge < -0.3 is 10.2 Å². The SMILES string of the molecule is CC[C@H](C)NC(=O)[C@@H](Cc1ccccc1)N(Cc1ccccc1C)C(=O)Cc1c(F)cccc1Cl. The number of hydrogen-bond acceptors (Lipinski definition) is 2. The maximum absolute atomic E-state index is 14.6. The number of nitrogens with zero attached hydrogens (tertiary/aromatic N) is 1. The normalized spacial score (nSPS) is 12.6. The predicted molar refractivity (Wildman–Crippen MR) is 139 cm³/mol. The Bertz CT molecular complexity index is 1130. The third-order valence-electron chi connectivity index (χ3n) is 6.26. The molecule has 0 spiro atoms. The van der Waals surface area contributed by atoms with Crippen LogP contribution in [-0.2, 0) is 29.0 Å². The molecule has 0 aliphatic rings. The zero-order chi connectivity index (χ0) is 25.4. The van der Waals surface area contributed by atoms with Gasteiger partial charge in [-0.25, -0.2) is 4.39 Å². The molecule has 2 amide bonds. The molecule has 0 unspecified atom stereocenters. The highest BCUT2D eigenvalue weighted by Crippen LogP contribution is 2.23.